The van der Waals surface area contributed by atoms with Crippen LogP contribution in [-0.4, -0.2) is 30.9 Å². The Labute approximate surface area is 100 Å². The minimum atomic E-state index is -0.353. The number of ketones is 1. The fourth-order valence-electron chi connectivity index (χ4n) is 2.11. The Morgan fingerprint density at radius 3 is 2.94 bits per heavy atom. The molecule has 0 spiro atoms. The SMILES string of the molecule is COc1ccc(CN2CCCC(=O)C2)cc1F. The van der Waals surface area contributed by atoms with Gasteiger partial charge in [-0.15, -0.1) is 0 Å². The van der Waals surface area contributed by atoms with E-state index in [4.69, 9.17) is 4.74 Å². The Morgan fingerprint density at radius 2 is 2.29 bits per heavy atom. The molecule has 0 aromatic heterocycles. The lowest BCUT2D eigenvalue weighted by molar-refractivity contribution is -0.122. The first-order chi connectivity index (χ1) is 8.19. The molecular formula is C13H16FNO2. The maximum Gasteiger partial charge on any atom is 0.165 e. The molecular weight excluding hydrogens is 221 g/mol. The summed E-state index contributed by atoms with van der Waals surface area (Å²) in [5.74, 6) is 0.169. The minimum absolute atomic E-state index is 0.253. The highest BCUT2D eigenvalue weighted by Gasteiger charge is 2.17. The highest BCUT2D eigenvalue weighted by atomic mass is 19.1. The monoisotopic (exact) mass is 237 g/mol. The Morgan fingerprint density at radius 1 is 1.47 bits per heavy atom. The number of likely N-dealkylation sites (tertiary alicyclic amines) is 1. The number of ether oxygens (including phenoxy) is 1. The molecule has 2 rings (SSSR count). The molecule has 0 saturated carbocycles. The third kappa shape index (κ3) is 3.03. The quantitative estimate of drug-likeness (QED) is 0.805. The first-order valence-corrected chi connectivity index (χ1v) is 5.75. The van der Waals surface area contributed by atoms with E-state index in [1.54, 1.807) is 6.07 Å². The second-order valence-corrected chi connectivity index (χ2v) is 4.32. The summed E-state index contributed by atoms with van der Waals surface area (Å²) in [6, 6.07) is 4.93. The fraction of sp³-hybridized carbons (Fsp3) is 0.462. The van der Waals surface area contributed by atoms with E-state index >= 15 is 0 Å². The van der Waals surface area contributed by atoms with Crippen molar-refractivity contribution in [2.45, 2.75) is 19.4 Å². The van der Waals surface area contributed by atoms with Crippen molar-refractivity contribution in [1.29, 1.82) is 0 Å². The lowest BCUT2D eigenvalue weighted by Crippen LogP contribution is -2.34. The number of hydrogen-bond donors (Lipinski definition) is 0. The van der Waals surface area contributed by atoms with Gasteiger partial charge in [-0.3, -0.25) is 9.69 Å². The predicted molar refractivity (Wildman–Crippen MR) is 62.5 cm³/mol. The van der Waals surface area contributed by atoms with Crippen LogP contribution in [0.3, 0.4) is 0 Å². The molecule has 0 aliphatic carbocycles. The summed E-state index contributed by atoms with van der Waals surface area (Å²) in [5.41, 5.74) is 0.873. The normalized spacial score (nSPS) is 17.2. The summed E-state index contributed by atoms with van der Waals surface area (Å²) in [6.07, 6.45) is 1.57. The van der Waals surface area contributed by atoms with Crippen LogP contribution in [0.1, 0.15) is 18.4 Å². The summed E-state index contributed by atoms with van der Waals surface area (Å²) >= 11 is 0. The number of carbonyl (C=O) groups is 1. The van der Waals surface area contributed by atoms with Gasteiger partial charge < -0.3 is 4.74 Å². The number of nitrogens with zero attached hydrogens (tertiary/aromatic N) is 1. The number of benzene rings is 1. The molecule has 0 bridgehead atoms. The van der Waals surface area contributed by atoms with E-state index in [1.165, 1.54) is 13.2 Å². The van der Waals surface area contributed by atoms with Crippen molar-refractivity contribution in [2.75, 3.05) is 20.2 Å². The van der Waals surface area contributed by atoms with Gasteiger partial charge >= 0.3 is 0 Å². The van der Waals surface area contributed by atoms with Crippen LogP contribution in [0.15, 0.2) is 18.2 Å². The zero-order valence-electron chi connectivity index (χ0n) is 9.91. The molecule has 0 amide bonds. The number of methoxy groups -OCH3 is 1. The topological polar surface area (TPSA) is 29.5 Å². The molecule has 1 saturated heterocycles. The van der Waals surface area contributed by atoms with Crippen LogP contribution >= 0.6 is 0 Å². The highest BCUT2D eigenvalue weighted by Crippen LogP contribution is 2.19. The third-order valence-electron chi connectivity index (χ3n) is 2.95. The van der Waals surface area contributed by atoms with Crippen LogP contribution in [-0.2, 0) is 11.3 Å². The first kappa shape index (κ1) is 12.0. The van der Waals surface area contributed by atoms with Crippen molar-refractivity contribution >= 4 is 5.78 Å². The van der Waals surface area contributed by atoms with Gasteiger partial charge in [-0.2, -0.15) is 0 Å². The summed E-state index contributed by atoms with van der Waals surface area (Å²) in [5, 5.41) is 0. The van der Waals surface area contributed by atoms with Crippen LogP contribution in [0.4, 0.5) is 4.39 Å². The summed E-state index contributed by atoms with van der Waals surface area (Å²) in [6.45, 7) is 2.00. The Kier molecular flexibility index (Phi) is 3.74. The molecule has 4 heteroatoms. The van der Waals surface area contributed by atoms with Gasteiger partial charge in [0.15, 0.2) is 11.6 Å². The van der Waals surface area contributed by atoms with Crippen LogP contribution in [0.5, 0.6) is 5.75 Å². The van der Waals surface area contributed by atoms with E-state index < -0.39 is 0 Å². The van der Waals surface area contributed by atoms with Crippen molar-refractivity contribution in [1.82, 2.24) is 4.90 Å². The Bertz CT molecular complexity index is 420. The van der Waals surface area contributed by atoms with Crippen molar-refractivity contribution in [2.24, 2.45) is 0 Å². The first-order valence-electron chi connectivity index (χ1n) is 5.75. The molecule has 0 atom stereocenters. The van der Waals surface area contributed by atoms with E-state index in [2.05, 4.69) is 0 Å². The average molecular weight is 237 g/mol. The molecule has 1 aromatic rings. The molecule has 1 fully saturated rings. The van der Waals surface area contributed by atoms with E-state index in [9.17, 15) is 9.18 Å². The van der Waals surface area contributed by atoms with E-state index in [-0.39, 0.29) is 17.3 Å². The number of hydrogen-bond acceptors (Lipinski definition) is 3. The highest BCUT2D eigenvalue weighted by molar-refractivity contribution is 5.81. The van der Waals surface area contributed by atoms with E-state index in [0.717, 1.165) is 18.5 Å². The molecule has 0 unspecified atom stereocenters. The lowest BCUT2D eigenvalue weighted by atomic mass is 10.1. The van der Waals surface area contributed by atoms with Crippen LogP contribution < -0.4 is 4.74 Å². The molecule has 1 aliphatic heterocycles. The number of rotatable bonds is 3. The molecule has 1 aliphatic rings. The van der Waals surface area contributed by atoms with Gasteiger partial charge in [0.2, 0.25) is 0 Å². The second kappa shape index (κ2) is 5.27. The molecule has 1 heterocycles. The molecule has 3 nitrogen and oxygen atoms in total. The molecule has 17 heavy (non-hydrogen) atoms. The van der Waals surface area contributed by atoms with Crippen LogP contribution in [0.25, 0.3) is 0 Å². The number of piperidine rings is 1. The van der Waals surface area contributed by atoms with Crippen LogP contribution in [0, 0.1) is 5.82 Å². The number of halogens is 1. The summed E-state index contributed by atoms with van der Waals surface area (Å²) < 4.78 is 18.3. The van der Waals surface area contributed by atoms with Gasteiger partial charge in [-0.25, -0.2) is 4.39 Å². The lowest BCUT2D eigenvalue weighted by Gasteiger charge is -2.25. The van der Waals surface area contributed by atoms with Gasteiger partial charge in [0.05, 0.1) is 13.7 Å². The Hall–Kier alpha value is -1.42. The standard InChI is InChI=1S/C13H16FNO2/c1-17-13-5-4-10(7-12(13)14)8-15-6-2-3-11(16)9-15/h4-5,7H,2-3,6,8-9H2,1H3. The summed E-state index contributed by atoms with van der Waals surface area (Å²) in [4.78, 5) is 13.3. The van der Waals surface area contributed by atoms with Gasteiger partial charge in [0, 0.05) is 13.0 Å². The minimum Gasteiger partial charge on any atom is -0.494 e. The molecule has 1 aromatic carbocycles. The maximum atomic E-state index is 13.5. The van der Waals surface area contributed by atoms with Crippen molar-refractivity contribution in [3.8, 4) is 5.75 Å². The van der Waals surface area contributed by atoms with E-state index in [1.807, 2.05) is 11.0 Å². The molecule has 0 N–H and O–H groups in total. The van der Waals surface area contributed by atoms with Crippen molar-refractivity contribution in [3.05, 3.63) is 29.6 Å². The average Bonchev–Trinajstić information content (AvgIpc) is 2.29. The Balaban J connectivity index is 2.03. The number of carbonyl (C=O) groups excluding carboxylic acids is 1. The van der Waals surface area contributed by atoms with Crippen LogP contribution in [0.2, 0.25) is 0 Å². The van der Waals surface area contributed by atoms with Gasteiger partial charge in [-0.1, -0.05) is 6.07 Å². The molecule has 92 valence electrons. The van der Waals surface area contributed by atoms with Crippen molar-refractivity contribution < 1.29 is 13.9 Å². The molecule has 0 radical (unpaired) electrons. The largest absolute Gasteiger partial charge is 0.494 e. The predicted octanol–water partition coefficient (Wildman–Crippen LogP) is 2.00. The number of Topliss-reactive ketones (excluding diaryl/α,β-unsaturated/α-hetero) is 1. The van der Waals surface area contributed by atoms with Gasteiger partial charge in [-0.05, 0) is 30.7 Å². The van der Waals surface area contributed by atoms with Gasteiger partial charge in [0.1, 0.15) is 5.78 Å². The maximum absolute atomic E-state index is 13.5. The second-order valence-electron chi connectivity index (χ2n) is 4.32. The third-order valence-corrected chi connectivity index (χ3v) is 2.95. The zero-order valence-corrected chi connectivity index (χ0v) is 9.91. The van der Waals surface area contributed by atoms with Crippen molar-refractivity contribution in [3.63, 3.8) is 0 Å². The fourth-order valence-corrected chi connectivity index (χ4v) is 2.11. The van der Waals surface area contributed by atoms with E-state index in [0.29, 0.717) is 19.5 Å². The zero-order chi connectivity index (χ0) is 12.3. The smallest absolute Gasteiger partial charge is 0.165 e. The summed E-state index contributed by atoms with van der Waals surface area (Å²) in [7, 11) is 1.45. The van der Waals surface area contributed by atoms with Gasteiger partial charge in [0.25, 0.3) is 0 Å².